The van der Waals surface area contributed by atoms with Crippen molar-refractivity contribution in [1.82, 2.24) is 29.9 Å². The zero-order valence-corrected chi connectivity index (χ0v) is 25.4. The molecule has 0 unspecified atom stereocenters. The number of sulfonamides is 1. The second-order valence-electron chi connectivity index (χ2n) is 11.8. The van der Waals surface area contributed by atoms with E-state index in [0.717, 1.165) is 22.4 Å². The number of anilines is 1. The standard InChI is InChI=1S/C30H35N7O4S/c1-19-9-7-10-20(2)27(19)25-14-26-33-29(32-25)34-42(39,40)24-12-8-11-21(13-24)28(38)37(17-23-16-31-35-36(23)6)22(18-41-26)15-30(3,4)5/h7-14,16,22H,15,17-18H2,1-6H3,(H,32,33,34)/t22-/m1/s1. The van der Waals surface area contributed by atoms with Gasteiger partial charge >= 0.3 is 0 Å². The first-order chi connectivity index (χ1) is 19.8. The van der Waals surface area contributed by atoms with Crippen molar-refractivity contribution < 1.29 is 17.9 Å². The molecule has 1 aliphatic rings. The molecule has 1 aliphatic heterocycles. The predicted molar refractivity (Wildman–Crippen MR) is 158 cm³/mol. The van der Waals surface area contributed by atoms with E-state index in [2.05, 4.69) is 45.8 Å². The van der Waals surface area contributed by atoms with E-state index in [-0.39, 0.29) is 46.8 Å². The molecule has 3 heterocycles. The van der Waals surface area contributed by atoms with Gasteiger partial charge in [-0.25, -0.2) is 18.1 Å². The van der Waals surface area contributed by atoms with E-state index in [1.165, 1.54) is 12.1 Å². The SMILES string of the molecule is Cc1cccc(C)c1-c1cc2nc(n1)NS(=O)(=O)c1cccc(c1)C(=O)N(Cc1cnnn1C)[C@H](CC(C)(C)C)CO2. The Kier molecular flexibility index (Phi) is 7.76. The topological polar surface area (TPSA) is 132 Å². The highest BCUT2D eigenvalue weighted by atomic mass is 32.2. The number of aromatic nitrogens is 5. The molecule has 2 aromatic carbocycles. The Balaban J connectivity index is 1.69. The van der Waals surface area contributed by atoms with Gasteiger partial charge in [-0.15, -0.1) is 5.10 Å². The van der Waals surface area contributed by atoms with Crippen LogP contribution in [0.25, 0.3) is 11.3 Å². The molecule has 2 aromatic heterocycles. The van der Waals surface area contributed by atoms with Crippen molar-refractivity contribution in [2.45, 2.75) is 58.5 Å². The summed E-state index contributed by atoms with van der Waals surface area (Å²) in [4.78, 5) is 24.8. The molecule has 11 nitrogen and oxygen atoms in total. The van der Waals surface area contributed by atoms with Crippen molar-refractivity contribution in [3.8, 4) is 17.1 Å². The molecule has 4 aromatic rings. The third-order valence-corrected chi connectivity index (χ3v) is 8.50. The lowest BCUT2D eigenvalue weighted by Crippen LogP contribution is -2.45. The van der Waals surface area contributed by atoms with Crippen molar-refractivity contribution in [3.63, 3.8) is 0 Å². The first-order valence-electron chi connectivity index (χ1n) is 13.7. The third-order valence-electron chi connectivity index (χ3n) is 7.17. The molecule has 42 heavy (non-hydrogen) atoms. The number of hydrogen-bond acceptors (Lipinski definition) is 8. The Morgan fingerprint density at radius 3 is 2.43 bits per heavy atom. The van der Waals surface area contributed by atoms with Crippen molar-refractivity contribution >= 4 is 21.9 Å². The van der Waals surface area contributed by atoms with Crippen LogP contribution in [0.5, 0.6) is 5.88 Å². The van der Waals surface area contributed by atoms with E-state index >= 15 is 0 Å². The normalized spacial score (nSPS) is 17.0. The molecule has 0 fully saturated rings. The highest BCUT2D eigenvalue weighted by Gasteiger charge is 2.32. The van der Waals surface area contributed by atoms with Crippen LogP contribution < -0.4 is 9.46 Å². The molecule has 12 heteroatoms. The van der Waals surface area contributed by atoms with Crippen molar-refractivity contribution in [2.24, 2.45) is 12.5 Å². The molecule has 220 valence electrons. The average Bonchev–Trinajstić information content (AvgIpc) is 3.32. The van der Waals surface area contributed by atoms with Crippen LogP contribution in [0, 0.1) is 19.3 Å². The molecule has 1 N–H and O–H groups in total. The summed E-state index contributed by atoms with van der Waals surface area (Å²) in [6.07, 6.45) is 2.21. The van der Waals surface area contributed by atoms with Gasteiger partial charge in [-0.1, -0.05) is 50.3 Å². The minimum Gasteiger partial charge on any atom is -0.475 e. The molecule has 1 atom stereocenters. The van der Waals surface area contributed by atoms with Crippen LogP contribution >= 0.6 is 0 Å². The molecule has 0 saturated heterocycles. The Bertz CT molecular complexity index is 1720. The van der Waals surface area contributed by atoms with Gasteiger partial charge in [0.05, 0.1) is 35.1 Å². The van der Waals surface area contributed by atoms with E-state index in [9.17, 15) is 13.2 Å². The molecular weight excluding hydrogens is 554 g/mol. The van der Waals surface area contributed by atoms with E-state index in [4.69, 9.17) is 4.74 Å². The molecule has 0 aliphatic carbocycles. The highest BCUT2D eigenvalue weighted by molar-refractivity contribution is 7.92. The Hall–Kier alpha value is -4.32. The number of benzene rings is 2. The first-order valence-corrected chi connectivity index (χ1v) is 15.1. The van der Waals surface area contributed by atoms with Crippen molar-refractivity contribution in [1.29, 1.82) is 0 Å². The lowest BCUT2D eigenvalue weighted by molar-refractivity contribution is 0.0506. The number of amides is 1. The summed E-state index contributed by atoms with van der Waals surface area (Å²) in [5.41, 5.74) is 4.13. The number of nitrogens with zero attached hydrogens (tertiary/aromatic N) is 6. The molecule has 4 bridgehead atoms. The number of carbonyl (C=O) groups excluding carboxylic acids is 1. The van der Waals surface area contributed by atoms with Crippen LogP contribution in [-0.4, -0.2) is 56.8 Å². The van der Waals surface area contributed by atoms with Crippen LogP contribution in [0.4, 0.5) is 5.95 Å². The number of ether oxygens (including phenoxy) is 1. The fourth-order valence-electron chi connectivity index (χ4n) is 5.18. The predicted octanol–water partition coefficient (Wildman–Crippen LogP) is 4.53. The van der Waals surface area contributed by atoms with Crippen LogP contribution in [0.3, 0.4) is 0 Å². The van der Waals surface area contributed by atoms with Gasteiger partial charge in [-0.3, -0.25) is 9.48 Å². The highest BCUT2D eigenvalue weighted by Crippen LogP contribution is 2.31. The van der Waals surface area contributed by atoms with Crippen molar-refractivity contribution in [3.05, 3.63) is 77.1 Å². The van der Waals surface area contributed by atoms with Crippen LogP contribution in [0.15, 0.2) is 59.6 Å². The molecule has 0 radical (unpaired) electrons. The van der Waals surface area contributed by atoms with Crippen LogP contribution in [0.2, 0.25) is 0 Å². The quantitative estimate of drug-likeness (QED) is 0.367. The summed E-state index contributed by atoms with van der Waals surface area (Å²) in [6, 6.07) is 13.2. The maximum atomic E-state index is 14.1. The zero-order valence-electron chi connectivity index (χ0n) is 24.6. The number of rotatable bonds is 4. The van der Waals surface area contributed by atoms with E-state index < -0.39 is 16.1 Å². The van der Waals surface area contributed by atoms with Gasteiger partial charge in [-0.05, 0) is 55.0 Å². The Labute approximate surface area is 246 Å². The molecule has 0 spiro atoms. The average molecular weight is 590 g/mol. The maximum Gasteiger partial charge on any atom is 0.264 e. The molecule has 0 saturated carbocycles. The second kappa shape index (κ2) is 11.2. The van der Waals surface area contributed by atoms with Gasteiger partial charge in [-0.2, -0.15) is 4.98 Å². The van der Waals surface area contributed by atoms with Gasteiger partial charge in [0.2, 0.25) is 11.8 Å². The van der Waals surface area contributed by atoms with Gasteiger partial charge in [0.1, 0.15) is 6.61 Å². The fourth-order valence-corrected chi connectivity index (χ4v) is 6.16. The zero-order chi connectivity index (χ0) is 30.2. The Morgan fingerprint density at radius 1 is 1.05 bits per heavy atom. The second-order valence-corrected chi connectivity index (χ2v) is 13.5. The number of fused-ring (bicyclic) bond motifs is 4. The van der Waals surface area contributed by atoms with Gasteiger partial charge < -0.3 is 9.64 Å². The lowest BCUT2D eigenvalue weighted by Gasteiger charge is -2.35. The molecule has 5 rings (SSSR count). The number of carbonyl (C=O) groups is 1. The largest absolute Gasteiger partial charge is 0.475 e. The van der Waals surface area contributed by atoms with Crippen molar-refractivity contribution in [2.75, 3.05) is 11.3 Å². The van der Waals surface area contributed by atoms with E-state index in [1.807, 2.05) is 32.0 Å². The number of nitrogens with one attached hydrogen (secondary N) is 1. The van der Waals surface area contributed by atoms with Crippen LogP contribution in [-0.2, 0) is 23.6 Å². The summed E-state index contributed by atoms with van der Waals surface area (Å²) in [7, 11) is -2.38. The van der Waals surface area contributed by atoms with Gasteiger partial charge in [0.15, 0.2) is 0 Å². The summed E-state index contributed by atoms with van der Waals surface area (Å²) in [6.45, 7) is 10.6. The minimum atomic E-state index is -4.14. The van der Waals surface area contributed by atoms with E-state index in [0.29, 0.717) is 12.1 Å². The summed E-state index contributed by atoms with van der Waals surface area (Å²) in [5, 5.41) is 8.01. The third kappa shape index (κ3) is 6.28. The smallest absolute Gasteiger partial charge is 0.264 e. The summed E-state index contributed by atoms with van der Waals surface area (Å²) >= 11 is 0. The van der Waals surface area contributed by atoms with E-state index in [1.54, 1.807) is 41.0 Å². The number of aryl methyl sites for hydroxylation is 3. The van der Waals surface area contributed by atoms with Crippen LogP contribution in [0.1, 0.15) is 54.4 Å². The molecule has 1 amide bonds. The Morgan fingerprint density at radius 2 is 1.76 bits per heavy atom. The van der Waals surface area contributed by atoms with Gasteiger partial charge in [0, 0.05) is 24.2 Å². The lowest BCUT2D eigenvalue weighted by atomic mass is 9.87. The summed E-state index contributed by atoms with van der Waals surface area (Å²) < 4.78 is 37.4. The first kappa shape index (κ1) is 29.2. The maximum absolute atomic E-state index is 14.1. The summed E-state index contributed by atoms with van der Waals surface area (Å²) in [5.74, 6) is -0.259. The van der Waals surface area contributed by atoms with Gasteiger partial charge in [0.25, 0.3) is 15.9 Å². The molecular formula is C30H35N7O4S. The fraction of sp³-hybridized carbons (Fsp3) is 0.367. The minimum absolute atomic E-state index is 0.0781. The monoisotopic (exact) mass is 589 g/mol. The number of hydrogen-bond donors (Lipinski definition) is 1.